The van der Waals surface area contributed by atoms with Gasteiger partial charge >= 0.3 is 0 Å². The maximum Gasteiger partial charge on any atom is 0.258 e. The van der Waals surface area contributed by atoms with E-state index >= 15 is 0 Å². The Morgan fingerprint density at radius 1 is 0.658 bits per heavy atom. The SMILES string of the molecule is O=C(NC(=C(Cl)Cl)[P+](c1ccccc1)(c1ccccc1)c1ccccc1)c1ccc(Br)cc1.[O-][Cl+3]([O-])([O-])[O-]. The number of benzene rings is 4. The maximum absolute atomic E-state index is 13.4. The molecule has 0 saturated heterocycles. The molecular weight excluding hydrogens is 636 g/mol. The highest BCUT2D eigenvalue weighted by atomic mass is 79.9. The summed E-state index contributed by atoms with van der Waals surface area (Å²) >= 11 is 16.6. The summed E-state index contributed by atoms with van der Waals surface area (Å²) in [7, 11) is -7.57. The summed E-state index contributed by atoms with van der Waals surface area (Å²) in [6, 6.07) is 37.4. The summed E-state index contributed by atoms with van der Waals surface area (Å²) in [5, 5.41) is 6.20. The lowest BCUT2D eigenvalue weighted by atomic mass is 10.2. The van der Waals surface area contributed by atoms with Crippen LogP contribution in [0.15, 0.2) is 130 Å². The van der Waals surface area contributed by atoms with Crippen LogP contribution in [0.1, 0.15) is 10.4 Å². The van der Waals surface area contributed by atoms with Gasteiger partial charge in [0.15, 0.2) is 11.8 Å². The Balaban J connectivity index is 0.000000732. The molecule has 0 aliphatic carbocycles. The Kier molecular flexibility index (Phi) is 10.9. The molecule has 6 nitrogen and oxygen atoms in total. The van der Waals surface area contributed by atoms with E-state index in [0.29, 0.717) is 11.0 Å². The molecule has 0 aliphatic heterocycles. The van der Waals surface area contributed by atoms with Crippen molar-refractivity contribution in [3.63, 3.8) is 0 Å². The van der Waals surface area contributed by atoms with Gasteiger partial charge in [-0.15, -0.1) is 10.2 Å². The van der Waals surface area contributed by atoms with Gasteiger partial charge in [0.25, 0.3) is 5.91 Å². The number of rotatable bonds is 6. The van der Waals surface area contributed by atoms with Crippen LogP contribution in [0.5, 0.6) is 0 Å². The first-order valence-electron chi connectivity index (χ1n) is 10.8. The number of halogens is 4. The van der Waals surface area contributed by atoms with Gasteiger partial charge in [-0.25, -0.2) is 18.6 Å². The highest BCUT2D eigenvalue weighted by Crippen LogP contribution is 2.63. The van der Waals surface area contributed by atoms with Crippen molar-refractivity contribution in [1.82, 2.24) is 5.32 Å². The standard InChI is InChI=1S/C27H19BrCl2NOP.ClHO4/c28-21-18-16-20(17-19-21)26(32)31-27(25(29)30)33(22-10-4-1-5-11-22,23-12-6-2-7-13-23)24-14-8-3-9-15-24;2-1(3,4)5/h1-19H;(H,2,3,4,5). The lowest BCUT2D eigenvalue weighted by Gasteiger charge is -2.29. The van der Waals surface area contributed by atoms with Crippen LogP contribution < -0.4 is 39.9 Å². The Morgan fingerprint density at radius 3 is 1.32 bits per heavy atom. The zero-order valence-electron chi connectivity index (χ0n) is 19.5. The maximum atomic E-state index is 13.4. The van der Waals surface area contributed by atoms with Gasteiger partial charge in [-0.2, -0.15) is 0 Å². The van der Waals surface area contributed by atoms with Gasteiger partial charge in [0.05, 0.1) is 0 Å². The zero-order valence-corrected chi connectivity index (χ0v) is 24.2. The van der Waals surface area contributed by atoms with E-state index in [-0.39, 0.29) is 10.4 Å². The lowest BCUT2D eigenvalue weighted by molar-refractivity contribution is -2.00. The molecule has 4 aromatic carbocycles. The summed E-state index contributed by atoms with van der Waals surface area (Å²) in [6.45, 7) is 0. The third-order valence-corrected chi connectivity index (χ3v) is 10.7. The topological polar surface area (TPSA) is 121 Å². The van der Waals surface area contributed by atoms with Crippen LogP contribution in [0.25, 0.3) is 0 Å². The predicted molar refractivity (Wildman–Crippen MR) is 145 cm³/mol. The van der Waals surface area contributed by atoms with Crippen LogP contribution in [0.2, 0.25) is 0 Å². The summed E-state index contributed by atoms with van der Waals surface area (Å²) in [4.78, 5) is 13.4. The third kappa shape index (κ3) is 7.87. The van der Waals surface area contributed by atoms with Crippen LogP contribution in [0.3, 0.4) is 0 Å². The second-order valence-electron chi connectivity index (χ2n) is 7.63. The lowest BCUT2D eigenvalue weighted by Crippen LogP contribution is -2.68. The van der Waals surface area contributed by atoms with Gasteiger partial charge < -0.3 is 0 Å². The highest BCUT2D eigenvalue weighted by molar-refractivity contribution is 9.10. The average Bonchev–Trinajstić information content (AvgIpc) is 2.90. The number of amides is 1. The Morgan fingerprint density at radius 2 is 1.00 bits per heavy atom. The van der Waals surface area contributed by atoms with Crippen molar-refractivity contribution >= 4 is 68.2 Å². The molecule has 1 amide bonds. The smallest absolute Gasteiger partial charge is 0.258 e. The fourth-order valence-corrected chi connectivity index (χ4v) is 9.00. The van der Waals surface area contributed by atoms with Crippen molar-refractivity contribution in [3.05, 3.63) is 135 Å². The van der Waals surface area contributed by atoms with Crippen molar-refractivity contribution in [2.45, 2.75) is 0 Å². The van der Waals surface area contributed by atoms with Crippen LogP contribution in [0, 0.1) is 10.2 Å². The average molecular weight is 656 g/mol. The summed E-state index contributed by atoms with van der Waals surface area (Å²) < 4.78 is 34.9. The van der Waals surface area contributed by atoms with Crippen LogP contribution in [-0.2, 0) is 0 Å². The monoisotopic (exact) mass is 653 g/mol. The predicted octanol–water partition coefficient (Wildman–Crippen LogP) is 2.02. The van der Waals surface area contributed by atoms with E-state index in [0.717, 1.165) is 20.4 Å². The summed E-state index contributed by atoms with van der Waals surface area (Å²) in [6.07, 6.45) is 0. The molecule has 11 heteroatoms. The normalized spacial score (nSPS) is 11.1. The molecule has 0 bridgehead atoms. The molecule has 0 spiro atoms. The van der Waals surface area contributed by atoms with Crippen molar-refractivity contribution in [3.8, 4) is 0 Å². The third-order valence-electron chi connectivity index (χ3n) is 5.28. The van der Waals surface area contributed by atoms with E-state index in [1.165, 1.54) is 0 Å². The number of hydrogen-bond acceptors (Lipinski definition) is 5. The molecule has 196 valence electrons. The van der Waals surface area contributed by atoms with E-state index in [4.69, 9.17) is 41.8 Å². The van der Waals surface area contributed by atoms with Crippen molar-refractivity contribution in [1.29, 1.82) is 0 Å². The fourth-order valence-electron chi connectivity index (χ4n) is 3.83. The van der Waals surface area contributed by atoms with Gasteiger partial charge in [-0.1, -0.05) is 93.7 Å². The highest BCUT2D eigenvalue weighted by Gasteiger charge is 2.52. The minimum Gasteiger partial charge on any atom is -0.290 e. The molecule has 38 heavy (non-hydrogen) atoms. The fraction of sp³-hybridized carbons (Fsp3) is 0. The second kappa shape index (κ2) is 13.7. The first-order chi connectivity index (χ1) is 18.0. The molecule has 0 aromatic heterocycles. The Bertz CT molecular complexity index is 1260. The van der Waals surface area contributed by atoms with Crippen molar-refractivity contribution in [2.75, 3.05) is 0 Å². The number of hydrogen-bond donors (Lipinski definition) is 1. The van der Waals surface area contributed by atoms with Gasteiger partial charge in [-0.05, 0) is 60.7 Å². The Labute approximate surface area is 241 Å². The van der Waals surface area contributed by atoms with Crippen LogP contribution in [0.4, 0.5) is 0 Å². The zero-order chi connectivity index (χ0) is 27.8. The van der Waals surface area contributed by atoms with Crippen LogP contribution >= 0.6 is 46.4 Å². The minimum absolute atomic E-state index is 0.0327. The number of carbonyl (C=O) groups is 1. The number of carbonyl (C=O) groups excluding carboxylic acids is 1. The molecule has 4 rings (SSSR count). The quantitative estimate of drug-likeness (QED) is 0.319. The summed E-state index contributed by atoms with van der Waals surface area (Å²) in [5.41, 5.74) is 1.01. The first kappa shape index (κ1) is 30.3. The van der Waals surface area contributed by atoms with Crippen molar-refractivity contribution < 1.29 is 33.7 Å². The van der Waals surface area contributed by atoms with E-state index in [2.05, 4.69) is 57.6 Å². The van der Waals surface area contributed by atoms with Gasteiger partial charge in [0, 0.05) is 10.0 Å². The first-order valence-corrected chi connectivity index (χ1v) is 15.4. The van der Waals surface area contributed by atoms with E-state index < -0.39 is 17.5 Å². The van der Waals surface area contributed by atoms with E-state index in [1.807, 2.05) is 66.7 Å². The molecule has 0 fully saturated rings. The molecule has 0 unspecified atom stereocenters. The number of nitrogens with one attached hydrogen (secondary N) is 1. The largest absolute Gasteiger partial charge is 0.290 e. The van der Waals surface area contributed by atoms with E-state index in [9.17, 15) is 4.79 Å². The van der Waals surface area contributed by atoms with Crippen molar-refractivity contribution in [2.24, 2.45) is 0 Å². The molecule has 0 aliphatic rings. The summed E-state index contributed by atoms with van der Waals surface area (Å²) in [5.74, 6) is -0.275. The van der Waals surface area contributed by atoms with Gasteiger partial charge in [0.1, 0.15) is 15.9 Å². The molecule has 0 saturated carbocycles. The molecular formula is C27H20BrCl3NO5P. The Hall–Kier alpha value is -2.29. The van der Waals surface area contributed by atoms with E-state index in [1.54, 1.807) is 12.1 Å². The molecule has 1 N–H and O–H groups in total. The molecule has 0 heterocycles. The molecule has 0 radical (unpaired) electrons. The molecule has 4 aromatic rings. The van der Waals surface area contributed by atoms with Gasteiger partial charge in [-0.3, -0.25) is 10.1 Å². The molecule has 0 atom stereocenters. The minimum atomic E-state index is -4.94. The second-order valence-corrected chi connectivity index (χ2v) is 13.6. The van der Waals surface area contributed by atoms with Gasteiger partial charge in [0.2, 0.25) is 5.44 Å². The van der Waals surface area contributed by atoms with Crippen LogP contribution in [-0.4, -0.2) is 5.91 Å².